The van der Waals surface area contributed by atoms with Gasteiger partial charge >= 0.3 is 0 Å². The van der Waals surface area contributed by atoms with Crippen molar-refractivity contribution in [2.24, 2.45) is 0 Å². The van der Waals surface area contributed by atoms with Gasteiger partial charge in [0.2, 0.25) is 5.91 Å². The zero-order chi connectivity index (χ0) is 26.2. The molecule has 0 aliphatic carbocycles. The van der Waals surface area contributed by atoms with E-state index in [0.29, 0.717) is 13.0 Å². The number of aryl methyl sites for hydroxylation is 2. The number of rotatable bonds is 11. The molecule has 192 valence electrons. The average molecular weight is 502 g/mol. The minimum Gasteiger partial charge on any atom is -0.356 e. The molecule has 0 saturated carbocycles. The summed E-state index contributed by atoms with van der Waals surface area (Å²) in [5.74, 6) is 1.21. The molecule has 0 bridgehead atoms. The Balaban J connectivity index is 1.08. The molecule has 1 aromatic heterocycles. The number of aromatic nitrogens is 2. The van der Waals surface area contributed by atoms with Gasteiger partial charge in [0.05, 0.1) is 17.5 Å². The maximum Gasteiger partial charge on any atom is 0.224 e. The predicted molar refractivity (Wildman–Crippen MR) is 156 cm³/mol. The molecule has 0 spiro atoms. The van der Waals surface area contributed by atoms with Crippen molar-refractivity contribution in [2.75, 3.05) is 6.54 Å². The van der Waals surface area contributed by atoms with Gasteiger partial charge in [0, 0.05) is 19.5 Å². The van der Waals surface area contributed by atoms with Gasteiger partial charge in [0.1, 0.15) is 5.82 Å². The fraction of sp³-hybridized carbons (Fsp3) is 0.235. The summed E-state index contributed by atoms with van der Waals surface area (Å²) in [7, 11) is 0. The van der Waals surface area contributed by atoms with Gasteiger partial charge in [-0.2, -0.15) is 0 Å². The van der Waals surface area contributed by atoms with Crippen LogP contribution in [0, 0.1) is 6.92 Å². The van der Waals surface area contributed by atoms with Crippen molar-refractivity contribution in [3.05, 3.63) is 126 Å². The van der Waals surface area contributed by atoms with Gasteiger partial charge in [-0.1, -0.05) is 103 Å². The normalized spacial score (nSPS) is 11.1. The monoisotopic (exact) mass is 501 g/mol. The molecule has 5 aromatic rings. The van der Waals surface area contributed by atoms with E-state index < -0.39 is 0 Å². The lowest BCUT2D eigenvalue weighted by molar-refractivity contribution is -0.120. The third-order valence-electron chi connectivity index (χ3n) is 7.02. The van der Waals surface area contributed by atoms with E-state index in [2.05, 4.69) is 89.6 Å². The highest BCUT2D eigenvalue weighted by molar-refractivity contribution is 5.79. The molecule has 4 heteroatoms. The topological polar surface area (TPSA) is 46.9 Å². The molecular formula is C34H35N3O. The average Bonchev–Trinajstić information content (AvgIpc) is 3.29. The number of hydrogen-bond acceptors (Lipinski definition) is 2. The lowest BCUT2D eigenvalue weighted by atomic mass is 10.0. The van der Waals surface area contributed by atoms with E-state index in [-0.39, 0.29) is 5.91 Å². The number of nitrogens with zero attached hydrogens (tertiary/aromatic N) is 2. The van der Waals surface area contributed by atoms with Gasteiger partial charge in [-0.05, 0) is 54.2 Å². The first-order chi connectivity index (χ1) is 18.7. The van der Waals surface area contributed by atoms with Crippen molar-refractivity contribution in [1.82, 2.24) is 14.9 Å². The van der Waals surface area contributed by atoms with E-state index in [4.69, 9.17) is 4.98 Å². The molecule has 0 radical (unpaired) electrons. The summed E-state index contributed by atoms with van der Waals surface area (Å²) >= 11 is 0. The number of fused-ring (bicyclic) bond motifs is 1. The van der Waals surface area contributed by atoms with Crippen LogP contribution >= 0.6 is 0 Å². The van der Waals surface area contributed by atoms with E-state index in [1.165, 1.54) is 27.8 Å². The summed E-state index contributed by atoms with van der Waals surface area (Å²) < 4.78 is 2.35. The number of para-hydroxylation sites is 2. The fourth-order valence-corrected chi connectivity index (χ4v) is 4.87. The molecule has 0 aliphatic heterocycles. The highest BCUT2D eigenvalue weighted by atomic mass is 16.1. The van der Waals surface area contributed by atoms with Crippen LogP contribution in [0.5, 0.6) is 0 Å². The van der Waals surface area contributed by atoms with Crippen LogP contribution < -0.4 is 5.32 Å². The second-order valence-corrected chi connectivity index (χ2v) is 9.99. The van der Waals surface area contributed by atoms with Crippen LogP contribution in [0.3, 0.4) is 0 Å². The number of unbranched alkanes of at least 4 members (excludes halogenated alkanes) is 2. The van der Waals surface area contributed by atoms with Crippen LogP contribution in [0.2, 0.25) is 0 Å². The first-order valence-electron chi connectivity index (χ1n) is 13.6. The molecular weight excluding hydrogens is 466 g/mol. The Morgan fingerprint density at radius 2 is 1.42 bits per heavy atom. The molecule has 4 nitrogen and oxygen atoms in total. The van der Waals surface area contributed by atoms with Crippen LogP contribution in [-0.2, 0) is 24.2 Å². The SMILES string of the molecule is Cc1ccc(Cn2c(CCCCCNC(=O)Cc3ccc(-c4ccccc4)cc3)nc3ccccc32)cc1. The number of nitrogens with one attached hydrogen (secondary N) is 1. The first-order valence-corrected chi connectivity index (χ1v) is 13.6. The van der Waals surface area contributed by atoms with E-state index in [1.54, 1.807) is 0 Å². The number of amides is 1. The van der Waals surface area contributed by atoms with Crippen LogP contribution in [0.15, 0.2) is 103 Å². The molecule has 4 aromatic carbocycles. The summed E-state index contributed by atoms with van der Waals surface area (Å²) in [6.07, 6.45) is 4.42. The molecule has 38 heavy (non-hydrogen) atoms. The number of hydrogen-bond donors (Lipinski definition) is 1. The van der Waals surface area contributed by atoms with Gasteiger partial charge in [-0.15, -0.1) is 0 Å². The zero-order valence-corrected chi connectivity index (χ0v) is 22.1. The van der Waals surface area contributed by atoms with Gasteiger partial charge in [0.25, 0.3) is 0 Å². The van der Waals surface area contributed by atoms with Crippen LogP contribution in [-0.4, -0.2) is 22.0 Å². The lowest BCUT2D eigenvalue weighted by Crippen LogP contribution is -2.26. The van der Waals surface area contributed by atoms with Crippen molar-refractivity contribution in [3.8, 4) is 11.1 Å². The predicted octanol–water partition coefficient (Wildman–Crippen LogP) is 7.13. The molecule has 1 N–H and O–H groups in total. The summed E-state index contributed by atoms with van der Waals surface area (Å²) in [6, 6.07) is 35.7. The third-order valence-corrected chi connectivity index (χ3v) is 7.02. The summed E-state index contributed by atoms with van der Waals surface area (Å²) in [4.78, 5) is 17.4. The Hall–Kier alpha value is -4.18. The standard InChI is InChI=1S/C34H35N3O/c1-26-15-17-28(18-16-26)25-37-32-13-8-7-12-31(32)36-33(37)14-6-3-9-23-35-34(38)24-27-19-21-30(22-20-27)29-10-4-2-5-11-29/h2,4-5,7-8,10-13,15-22H,3,6,9,14,23-25H2,1H3,(H,35,38). The van der Waals surface area contributed by atoms with E-state index >= 15 is 0 Å². The summed E-state index contributed by atoms with van der Waals surface area (Å²) in [6.45, 7) is 3.66. The Labute approximate surface area is 225 Å². The summed E-state index contributed by atoms with van der Waals surface area (Å²) in [5.41, 5.74) is 8.20. The fourth-order valence-electron chi connectivity index (χ4n) is 4.87. The number of carbonyl (C=O) groups excluding carboxylic acids is 1. The minimum absolute atomic E-state index is 0.0809. The second kappa shape index (κ2) is 12.4. The zero-order valence-electron chi connectivity index (χ0n) is 22.1. The van der Waals surface area contributed by atoms with Crippen LogP contribution in [0.25, 0.3) is 22.2 Å². The molecule has 1 heterocycles. The van der Waals surface area contributed by atoms with Crippen molar-refractivity contribution in [1.29, 1.82) is 0 Å². The Morgan fingerprint density at radius 1 is 0.737 bits per heavy atom. The largest absolute Gasteiger partial charge is 0.356 e. The molecule has 0 atom stereocenters. The molecule has 0 fully saturated rings. The van der Waals surface area contributed by atoms with Crippen molar-refractivity contribution in [3.63, 3.8) is 0 Å². The number of imidazole rings is 1. The molecule has 0 aliphatic rings. The molecule has 1 amide bonds. The van der Waals surface area contributed by atoms with Crippen molar-refractivity contribution < 1.29 is 4.79 Å². The van der Waals surface area contributed by atoms with Gasteiger partial charge in [0.15, 0.2) is 0 Å². The second-order valence-electron chi connectivity index (χ2n) is 9.99. The Kier molecular flexibility index (Phi) is 8.29. The van der Waals surface area contributed by atoms with E-state index in [0.717, 1.165) is 49.1 Å². The smallest absolute Gasteiger partial charge is 0.224 e. The Bertz CT molecular complexity index is 1470. The number of carbonyl (C=O) groups is 1. The van der Waals surface area contributed by atoms with Gasteiger partial charge < -0.3 is 9.88 Å². The van der Waals surface area contributed by atoms with Crippen molar-refractivity contribution >= 4 is 16.9 Å². The lowest BCUT2D eigenvalue weighted by Gasteiger charge is -2.10. The van der Waals surface area contributed by atoms with E-state index in [1.807, 2.05) is 30.3 Å². The van der Waals surface area contributed by atoms with Crippen molar-refractivity contribution in [2.45, 2.75) is 45.6 Å². The number of benzene rings is 4. The van der Waals surface area contributed by atoms with Crippen LogP contribution in [0.1, 0.15) is 41.8 Å². The van der Waals surface area contributed by atoms with Gasteiger partial charge in [-0.25, -0.2) is 4.98 Å². The highest BCUT2D eigenvalue weighted by Gasteiger charge is 2.11. The quantitative estimate of drug-likeness (QED) is 0.196. The summed E-state index contributed by atoms with van der Waals surface area (Å²) in [5, 5.41) is 3.09. The minimum atomic E-state index is 0.0809. The highest BCUT2D eigenvalue weighted by Crippen LogP contribution is 2.21. The van der Waals surface area contributed by atoms with Gasteiger partial charge in [-0.3, -0.25) is 4.79 Å². The third kappa shape index (κ3) is 6.57. The Morgan fingerprint density at radius 3 is 2.21 bits per heavy atom. The maximum absolute atomic E-state index is 12.4. The molecule has 0 unspecified atom stereocenters. The first kappa shape index (κ1) is 25.5. The molecule has 5 rings (SSSR count). The van der Waals surface area contributed by atoms with E-state index in [9.17, 15) is 4.79 Å². The van der Waals surface area contributed by atoms with Crippen LogP contribution in [0.4, 0.5) is 0 Å². The molecule has 0 saturated heterocycles. The maximum atomic E-state index is 12.4.